The molecule has 1 fully saturated rings. The van der Waals surface area contributed by atoms with Gasteiger partial charge < -0.3 is 5.73 Å². The van der Waals surface area contributed by atoms with Crippen LogP contribution in [0, 0.1) is 0 Å². The Morgan fingerprint density at radius 1 is 1.38 bits per heavy atom. The van der Waals surface area contributed by atoms with Crippen LogP contribution in [0.15, 0.2) is 27.6 Å². The van der Waals surface area contributed by atoms with Gasteiger partial charge in [0.25, 0.3) is 0 Å². The van der Waals surface area contributed by atoms with Crippen molar-refractivity contribution in [1.82, 2.24) is 9.21 Å². The van der Waals surface area contributed by atoms with E-state index in [1.54, 1.807) is 16.4 Å². The van der Waals surface area contributed by atoms with Crippen LogP contribution >= 0.6 is 15.9 Å². The molecule has 0 spiro atoms. The van der Waals surface area contributed by atoms with E-state index in [2.05, 4.69) is 34.7 Å². The number of halogens is 1. The molecule has 1 saturated heterocycles. The van der Waals surface area contributed by atoms with Gasteiger partial charge in [0.2, 0.25) is 10.0 Å². The van der Waals surface area contributed by atoms with Crippen molar-refractivity contribution < 1.29 is 8.42 Å². The second-order valence-corrected chi connectivity index (χ2v) is 8.07. The summed E-state index contributed by atoms with van der Waals surface area (Å²) in [6, 6.07) is 5.48. The molecule has 1 aliphatic heterocycles. The number of nitrogens with zero attached hydrogens (tertiary/aromatic N) is 2. The van der Waals surface area contributed by atoms with Crippen LogP contribution in [0.3, 0.4) is 0 Å². The Kier molecular flexibility index (Phi) is 5.43. The number of piperazine rings is 1. The predicted molar refractivity (Wildman–Crippen MR) is 87.5 cm³/mol. The van der Waals surface area contributed by atoms with Crippen molar-refractivity contribution >= 4 is 26.0 Å². The Labute approximate surface area is 135 Å². The maximum absolute atomic E-state index is 12.9. The third kappa shape index (κ3) is 3.48. The van der Waals surface area contributed by atoms with Crippen LogP contribution in [-0.2, 0) is 16.6 Å². The summed E-state index contributed by atoms with van der Waals surface area (Å²) < 4.78 is 27.9. The number of nitrogens with two attached hydrogens (primary N) is 1. The van der Waals surface area contributed by atoms with Crippen molar-refractivity contribution in [3.8, 4) is 0 Å². The minimum atomic E-state index is -3.49. The summed E-state index contributed by atoms with van der Waals surface area (Å²) in [6.45, 7) is 7.26. The van der Waals surface area contributed by atoms with Gasteiger partial charge in [0.05, 0.1) is 4.90 Å². The highest BCUT2D eigenvalue weighted by Crippen LogP contribution is 2.27. The third-order valence-corrected chi connectivity index (χ3v) is 6.84. The van der Waals surface area contributed by atoms with Gasteiger partial charge in [-0.2, -0.15) is 4.31 Å². The molecule has 1 atom stereocenters. The summed E-state index contributed by atoms with van der Waals surface area (Å²) in [6.07, 6.45) is 0. The van der Waals surface area contributed by atoms with Crippen LogP contribution in [0.25, 0.3) is 0 Å². The van der Waals surface area contributed by atoms with E-state index in [1.807, 2.05) is 6.07 Å². The van der Waals surface area contributed by atoms with Gasteiger partial charge in [-0.15, -0.1) is 0 Å². The van der Waals surface area contributed by atoms with Crippen molar-refractivity contribution in [2.45, 2.75) is 31.3 Å². The summed E-state index contributed by atoms with van der Waals surface area (Å²) in [7, 11) is -3.49. The summed E-state index contributed by atoms with van der Waals surface area (Å²) in [4.78, 5) is 2.60. The molecule has 2 N–H and O–H groups in total. The lowest BCUT2D eigenvalue weighted by Gasteiger charge is -2.38. The van der Waals surface area contributed by atoms with Gasteiger partial charge in [0.1, 0.15) is 0 Å². The summed E-state index contributed by atoms with van der Waals surface area (Å²) >= 11 is 3.35. The highest BCUT2D eigenvalue weighted by molar-refractivity contribution is 9.10. The zero-order chi connectivity index (χ0) is 15.6. The van der Waals surface area contributed by atoms with E-state index < -0.39 is 10.0 Å². The minimum absolute atomic E-state index is 0.231. The number of sulfonamides is 1. The average Bonchev–Trinajstić information content (AvgIpc) is 2.47. The van der Waals surface area contributed by atoms with Crippen LogP contribution in [0.4, 0.5) is 0 Å². The Bertz CT molecular complexity index is 606. The van der Waals surface area contributed by atoms with Crippen LogP contribution in [0.1, 0.15) is 19.4 Å². The van der Waals surface area contributed by atoms with Gasteiger partial charge >= 0.3 is 0 Å². The van der Waals surface area contributed by atoms with E-state index >= 15 is 0 Å². The topological polar surface area (TPSA) is 66.6 Å². The molecule has 0 radical (unpaired) electrons. The maximum atomic E-state index is 12.9. The molecule has 7 heteroatoms. The Balaban J connectivity index is 2.31. The van der Waals surface area contributed by atoms with Gasteiger partial charge in [0, 0.05) is 36.7 Å². The van der Waals surface area contributed by atoms with E-state index in [1.165, 1.54) is 0 Å². The normalized spacial score (nSPS) is 21.6. The van der Waals surface area contributed by atoms with Crippen LogP contribution in [0.2, 0.25) is 0 Å². The monoisotopic (exact) mass is 375 g/mol. The van der Waals surface area contributed by atoms with Crippen LogP contribution in [-0.4, -0.2) is 49.8 Å². The quantitative estimate of drug-likeness (QED) is 0.867. The zero-order valence-electron chi connectivity index (χ0n) is 12.4. The van der Waals surface area contributed by atoms with Crippen molar-refractivity contribution in [2.75, 3.05) is 26.2 Å². The maximum Gasteiger partial charge on any atom is 0.244 e. The highest BCUT2D eigenvalue weighted by Gasteiger charge is 2.32. The molecule has 2 rings (SSSR count). The molecule has 1 aromatic rings. The molecule has 1 heterocycles. The summed E-state index contributed by atoms with van der Waals surface area (Å²) in [5.74, 6) is 0. The summed E-state index contributed by atoms with van der Waals surface area (Å²) in [5.41, 5.74) is 6.44. The van der Waals surface area contributed by atoms with Gasteiger partial charge in [0.15, 0.2) is 0 Å². The van der Waals surface area contributed by atoms with Gasteiger partial charge in [-0.3, -0.25) is 4.90 Å². The molecule has 0 bridgehead atoms. The second-order valence-electron chi connectivity index (χ2n) is 5.31. The molecule has 5 nitrogen and oxygen atoms in total. The van der Waals surface area contributed by atoms with Gasteiger partial charge in [-0.05, 0) is 47.1 Å². The average molecular weight is 376 g/mol. The van der Waals surface area contributed by atoms with E-state index in [-0.39, 0.29) is 6.04 Å². The Morgan fingerprint density at radius 3 is 2.67 bits per heavy atom. The molecule has 1 aromatic carbocycles. The fourth-order valence-electron chi connectivity index (χ4n) is 2.66. The predicted octanol–water partition coefficient (Wildman–Crippen LogP) is 1.62. The molecule has 0 saturated carbocycles. The fourth-order valence-corrected chi connectivity index (χ4v) is 5.15. The van der Waals surface area contributed by atoms with E-state index in [9.17, 15) is 8.42 Å². The third-order valence-electron chi connectivity index (χ3n) is 3.98. The largest absolute Gasteiger partial charge is 0.326 e. The SMILES string of the molecule is CCN1CCN(S(=O)(=O)c2cc(CN)ccc2Br)CC1C. The molecule has 0 amide bonds. The molecular weight excluding hydrogens is 354 g/mol. The molecular formula is C14H22BrN3O2S. The first-order valence-corrected chi connectivity index (χ1v) is 9.36. The molecule has 118 valence electrons. The molecule has 21 heavy (non-hydrogen) atoms. The highest BCUT2D eigenvalue weighted by atomic mass is 79.9. The second kappa shape index (κ2) is 6.75. The molecule has 0 aliphatic carbocycles. The van der Waals surface area contributed by atoms with Gasteiger partial charge in [-0.25, -0.2) is 8.42 Å². The van der Waals surface area contributed by atoms with E-state index in [0.717, 1.165) is 18.7 Å². The van der Waals surface area contributed by atoms with Crippen LogP contribution < -0.4 is 5.73 Å². The van der Waals surface area contributed by atoms with Crippen molar-refractivity contribution in [1.29, 1.82) is 0 Å². The van der Waals surface area contributed by atoms with E-state index in [0.29, 0.717) is 29.0 Å². The lowest BCUT2D eigenvalue weighted by molar-refractivity contribution is 0.135. The van der Waals surface area contributed by atoms with Crippen molar-refractivity contribution in [2.24, 2.45) is 5.73 Å². The standard InChI is InChI=1S/C14H22BrN3O2S/c1-3-17-6-7-18(10-11(17)2)21(19,20)14-8-12(9-16)4-5-13(14)15/h4-5,8,11H,3,6-7,9-10,16H2,1-2H3. The molecule has 0 aromatic heterocycles. The van der Waals surface area contributed by atoms with Crippen molar-refractivity contribution in [3.05, 3.63) is 28.2 Å². The first-order chi connectivity index (χ1) is 9.90. The first kappa shape index (κ1) is 16.9. The number of benzene rings is 1. The number of hydrogen-bond donors (Lipinski definition) is 1. The Morgan fingerprint density at radius 2 is 2.10 bits per heavy atom. The Hall–Kier alpha value is -0.470. The fraction of sp³-hybridized carbons (Fsp3) is 0.571. The molecule has 1 unspecified atom stereocenters. The lowest BCUT2D eigenvalue weighted by Crippen LogP contribution is -2.53. The number of hydrogen-bond acceptors (Lipinski definition) is 4. The van der Waals surface area contributed by atoms with E-state index in [4.69, 9.17) is 5.73 Å². The van der Waals surface area contributed by atoms with Gasteiger partial charge in [-0.1, -0.05) is 13.0 Å². The first-order valence-electron chi connectivity index (χ1n) is 7.12. The van der Waals surface area contributed by atoms with Crippen LogP contribution in [0.5, 0.6) is 0 Å². The molecule has 1 aliphatic rings. The number of rotatable bonds is 4. The lowest BCUT2D eigenvalue weighted by atomic mass is 10.2. The smallest absolute Gasteiger partial charge is 0.244 e. The summed E-state index contributed by atoms with van der Waals surface area (Å²) in [5, 5.41) is 0. The zero-order valence-corrected chi connectivity index (χ0v) is 14.8. The van der Waals surface area contributed by atoms with Crippen molar-refractivity contribution in [3.63, 3.8) is 0 Å². The number of likely N-dealkylation sites (N-methyl/N-ethyl adjacent to an activating group) is 1. The minimum Gasteiger partial charge on any atom is -0.326 e.